The van der Waals surface area contributed by atoms with Gasteiger partial charge in [-0.2, -0.15) is 0 Å². The third-order valence-corrected chi connectivity index (χ3v) is 2.52. The summed E-state index contributed by atoms with van der Waals surface area (Å²) in [6.07, 6.45) is 0.560. The van der Waals surface area contributed by atoms with E-state index in [4.69, 9.17) is 9.84 Å². The number of fused-ring (bicyclic) bond motifs is 1. The van der Waals surface area contributed by atoms with Gasteiger partial charge in [0.1, 0.15) is 5.75 Å². The Morgan fingerprint density at radius 3 is 3.00 bits per heavy atom. The number of aromatic nitrogens is 2. The van der Waals surface area contributed by atoms with Gasteiger partial charge in [-0.3, -0.25) is 4.57 Å². The molecule has 0 bridgehead atoms. The maximum atomic E-state index is 11.6. The van der Waals surface area contributed by atoms with E-state index >= 15 is 0 Å². The lowest BCUT2D eigenvalue weighted by Crippen LogP contribution is -2.17. The third kappa shape index (κ3) is 1.81. The Hall–Kier alpha value is -1.75. The summed E-state index contributed by atoms with van der Waals surface area (Å²) in [6, 6.07) is 5.42. The minimum absolute atomic E-state index is 0.0725. The van der Waals surface area contributed by atoms with Gasteiger partial charge in [0.2, 0.25) is 0 Å². The summed E-state index contributed by atoms with van der Waals surface area (Å²) < 4.78 is 6.72. The van der Waals surface area contributed by atoms with Crippen molar-refractivity contribution >= 4 is 11.0 Å². The van der Waals surface area contributed by atoms with Gasteiger partial charge < -0.3 is 14.8 Å². The number of methoxy groups -OCH3 is 1. The Morgan fingerprint density at radius 1 is 1.50 bits per heavy atom. The Kier molecular flexibility index (Phi) is 2.96. The number of nitrogens with one attached hydrogen (secondary N) is 1. The molecule has 86 valence electrons. The molecular weight excluding hydrogens is 208 g/mol. The number of aliphatic hydroxyl groups is 1. The van der Waals surface area contributed by atoms with Gasteiger partial charge in [-0.05, 0) is 18.6 Å². The monoisotopic (exact) mass is 222 g/mol. The van der Waals surface area contributed by atoms with E-state index in [1.807, 2.05) is 12.1 Å². The molecule has 0 aliphatic heterocycles. The number of nitrogens with zero attached hydrogens (tertiary/aromatic N) is 1. The summed E-state index contributed by atoms with van der Waals surface area (Å²) in [5.74, 6) is 0.712. The number of aryl methyl sites for hydroxylation is 1. The van der Waals surface area contributed by atoms with Crippen molar-refractivity contribution in [2.45, 2.75) is 13.0 Å². The Bertz CT molecular complexity index is 542. The van der Waals surface area contributed by atoms with E-state index < -0.39 is 0 Å². The molecule has 0 amide bonds. The summed E-state index contributed by atoms with van der Waals surface area (Å²) >= 11 is 0. The molecule has 2 aromatic rings. The van der Waals surface area contributed by atoms with Crippen LogP contribution in [-0.4, -0.2) is 28.4 Å². The molecule has 5 nitrogen and oxygen atoms in total. The molecule has 1 aromatic heterocycles. The molecule has 0 aliphatic carbocycles. The second kappa shape index (κ2) is 4.40. The molecule has 0 atom stereocenters. The SMILES string of the molecule is COc1ccc2[nH]c(=O)n(CCCO)c2c1. The molecule has 1 heterocycles. The largest absolute Gasteiger partial charge is 0.497 e. The number of rotatable bonds is 4. The summed E-state index contributed by atoms with van der Waals surface area (Å²) in [7, 11) is 1.59. The molecule has 2 N–H and O–H groups in total. The van der Waals surface area contributed by atoms with E-state index in [2.05, 4.69) is 4.98 Å². The Labute approximate surface area is 92.3 Å². The number of hydrogen-bond acceptors (Lipinski definition) is 3. The number of hydrogen-bond donors (Lipinski definition) is 2. The van der Waals surface area contributed by atoms with Gasteiger partial charge >= 0.3 is 5.69 Å². The highest BCUT2D eigenvalue weighted by molar-refractivity contribution is 5.76. The van der Waals surface area contributed by atoms with E-state index in [-0.39, 0.29) is 12.3 Å². The van der Waals surface area contributed by atoms with Crippen LogP contribution in [0.15, 0.2) is 23.0 Å². The minimum Gasteiger partial charge on any atom is -0.497 e. The fourth-order valence-electron chi connectivity index (χ4n) is 1.71. The first-order valence-electron chi connectivity index (χ1n) is 5.13. The van der Waals surface area contributed by atoms with Crippen molar-refractivity contribution in [1.82, 2.24) is 9.55 Å². The second-order valence-corrected chi connectivity index (χ2v) is 3.54. The van der Waals surface area contributed by atoms with Crippen LogP contribution >= 0.6 is 0 Å². The van der Waals surface area contributed by atoms with Crippen LogP contribution < -0.4 is 10.4 Å². The molecule has 0 spiro atoms. The predicted molar refractivity (Wildman–Crippen MR) is 60.8 cm³/mol. The normalized spacial score (nSPS) is 10.9. The summed E-state index contributed by atoms with van der Waals surface area (Å²) in [6.45, 7) is 0.575. The Morgan fingerprint density at radius 2 is 2.31 bits per heavy atom. The lowest BCUT2D eigenvalue weighted by molar-refractivity contribution is 0.280. The first-order valence-corrected chi connectivity index (χ1v) is 5.13. The highest BCUT2D eigenvalue weighted by atomic mass is 16.5. The van der Waals surface area contributed by atoms with Crippen molar-refractivity contribution in [2.24, 2.45) is 0 Å². The predicted octanol–water partition coefficient (Wildman–Crippen LogP) is 0.721. The number of benzene rings is 1. The Balaban J connectivity index is 2.52. The van der Waals surface area contributed by atoms with E-state index in [1.54, 1.807) is 17.7 Å². The van der Waals surface area contributed by atoms with E-state index in [0.29, 0.717) is 18.7 Å². The van der Waals surface area contributed by atoms with Crippen molar-refractivity contribution in [3.8, 4) is 5.75 Å². The molecule has 1 aromatic carbocycles. The number of ether oxygens (including phenoxy) is 1. The van der Waals surface area contributed by atoms with Crippen LogP contribution in [0.4, 0.5) is 0 Å². The molecule has 0 unspecified atom stereocenters. The van der Waals surface area contributed by atoms with Crippen molar-refractivity contribution in [2.75, 3.05) is 13.7 Å². The molecule has 0 saturated heterocycles. The van der Waals surface area contributed by atoms with Crippen LogP contribution in [0.1, 0.15) is 6.42 Å². The molecule has 16 heavy (non-hydrogen) atoms. The van der Waals surface area contributed by atoms with Crippen LogP contribution in [0.2, 0.25) is 0 Å². The number of imidazole rings is 1. The maximum Gasteiger partial charge on any atom is 0.326 e. The van der Waals surface area contributed by atoms with Gasteiger partial charge in [-0.1, -0.05) is 0 Å². The van der Waals surface area contributed by atoms with Gasteiger partial charge in [0, 0.05) is 19.2 Å². The van der Waals surface area contributed by atoms with E-state index in [9.17, 15) is 4.79 Å². The van der Waals surface area contributed by atoms with Gasteiger partial charge in [0.05, 0.1) is 18.1 Å². The first kappa shape index (κ1) is 10.8. The van der Waals surface area contributed by atoms with E-state index in [1.165, 1.54) is 0 Å². The molecule has 0 fully saturated rings. The number of H-pyrrole nitrogens is 1. The average molecular weight is 222 g/mol. The highest BCUT2D eigenvalue weighted by Gasteiger charge is 2.06. The van der Waals surface area contributed by atoms with Crippen LogP contribution in [0.5, 0.6) is 5.75 Å². The molecule has 0 radical (unpaired) electrons. The van der Waals surface area contributed by atoms with Crippen molar-refractivity contribution in [1.29, 1.82) is 0 Å². The molecule has 0 saturated carbocycles. The molecule has 0 aliphatic rings. The van der Waals surface area contributed by atoms with Gasteiger partial charge in [0.15, 0.2) is 0 Å². The van der Waals surface area contributed by atoms with E-state index in [0.717, 1.165) is 11.0 Å². The van der Waals surface area contributed by atoms with Crippen LogP contribution in [-0.2, 0) is 6.54 Å². The molecule has 5 heteroatoms. The maximum absolute atomic E-state index is 11.6. The van der Waals surface area contributed by atoms with Crippen LogP contribution in [0.25, 0.3) is 11.0 Å². The second-order valence-electron chi connectivity index (χ2n) is 3.54. The van der Waals surface area contributed by atoms with Gasteiger partial charge in [-0.15, -0.1) is 0 Å². The number of aromatic amines is 1. The van der Waals surface area contributed by atoms with Crippen molar-refractivity contribution in [3.63, 3.8) is 0 Å². The average Bonchev–Trinajstić information content (AvgIpc) is 2.61. The molecular formula is C11H14N2O3. The summed E-state index contributed by atoms with van der Waals surface area (Å²) in [4.78, 5) is 14.4. The molecule has 2 rings (SSSR count). The summed E-state index contributed by atoms with van der Waals surface area (Å²) in [5, 5.41) is 8.78. The zero-order chi connectivity index (χ0) is 11.5. The first-order chi connectivity index (χ1) is 7.76. The smallest absolute Gasteiger partial charge is 0.326 e. The highest BCUT2D eigenvalue weighted by Crippen LogP contribution is 2.18. The van der Waals surface area contributed by atoms with Crippen molar-refractivity contribution < 1.29 is 9.84 Å². The van der Waals surface area contributed by atoms with Crippen LogP contribution in [0, 0.1) is 0 Å². The standard InChI is InChI=1S/C11H14N2O3/c1-16-8-3-4-9-10(7-8)13(5-2-6-14)11(15)12-9/h3-4,7,14H,2,5-6H2,1H3,(H,12,15). The van der Waals surface area contributed by atoms with Gasteiger partial charge in [-0.25, -0.2) is 4.79 Å². The fraction of sp³-hybridized carbons (Fsp3) is 0.364. The minimum atomic E-state index is -0.156. The topological polar surface area (TPSA) is 67.2 Å². The third-order valence-electron chi connectivity index (χ3n) is 2.52. The lowest BCUT2D eigenvalue weighted by Gasteiger charge is -2.03. The summed E-state index contributed by atoms with van der Waals surface area (Å²) in [5.41, 5.74) is 1.43. The zero-order valence-electron chi connectivity index (χ0n) is 9.06. The fourth-order valence-corrected chi connectivity index (χ4v) is 1.71. The van der Waals surface area contributed by atoms with Crippen molar-refractivity contribution in [3.05, 3.63) is 28.7 Å². The van der Waals surface area contributed by atoms with Crippen LogP contribution in [0.3, 0.4) is 0 Å². The lowest BCUT2D eigenvalue weighted by atomic mass is 10.3. The van der Waals surface area contributed by atoms with Gasteiger partial charge in [0.25, 0.3) is 0 Å². The quantitative estimate of drug-likeness (QED) is 0.801. The number of aliphatic hydroxyl groups excluding tert-OH is 1. The zero-order valence-corrected chi connectivity index (χ0v) is 9.06.